The molecule has 0 aliphatic carbocycles. The van der Waals surface area contributed by atoms with Crippen molar-refractivity contribution in [1.82, 2.24) is 4.98 Å². The average Bonchev–Trinajstić information content (AvgIpc) is 2.59. The number of benzene rings is 1. The van der Waals surface area contributed by atoms with Gasteiger partial charge in [0.15, 0.2) is 0 Å². The molecular weight excluding hydrogens is 170 g/mol. The number of hydrogen-bond acceptors (Lipinski definition) is 0. The third-order valence-corrected chi connectivity index (χ3v) is 2.28. The van der Waals surface area contributed by atoms with Gasteiger partial charge in [0.25, 0.3) is 0 Å². The van der Waals surface area contributed by atoms with E-state index >= 15 is 0 Å². The van der Waals surface area contributed by atoms with Crippen LogP contribution in [0.3, 0.4) is 0 Å². The van der Waals surface area contributed by atoms with Crippen molar-refractivity contribution in [1.29, 1.82) is 0 Å². The number of hydrogen-bond donors (Lipinski definition) is 1. The zero-order valence-corrected chi connectivity index (χ0v) is 8.52. The van der Waals surface area contributed by atoms with Crippen molar-refractivity contribution in [3.8, 4) is 11.8 Å². The quantitative estimate of drug-likeness (QED) is 0.605. The second-order valence-electron chi connectivity index (χ2n) is 3.37. The van der Waals surface area contributed by atoms with Crippen molar-refractivity contribution < 1.29 is 1.43 Å². The van der Waals surface area contributed by atoms with Crippen molar-refractivity contribution >= 4 is 10.9 Å². The van der Waals surface area contributed by atoms with Crippen LogP contribution < -0.4 is 0 Å². The van der Waals surface area contributed by atoms with Crippen LogP contribution in [-0.2, 0) is 0 Å². The summed E-state index contributed by atoms with van der Waals surface area (Å²) in [7, 11) is 0. The van der Waals surface area contributed by atoms with Crippen molar-refractivity contribution in [2.45, 2.75) is 20.3 Å². The number of aryl methyl sites for hydroxylation is 1. The Morgan fingerprint density at radius 2 is 2.29 bits per heavy atom. The molecule has 1 heterocycles. The van der Waals surface area contributed by atoms with Gasteiger partial charge in [0.05, 0.1) is 5.69 Å². The predicted molar refractivity (Wildman–Crippen MR) is 62.3 cm³/mol. The Hall–Kier alpha value is -1.68. The maximum atomic E-state index is 3.30. The van der Waals surface area contributed by atoms with Crippen LogP contribution in [0.1, 0.15) is 26.0 Å². The van der Waals surface area contributed by atoms with Crippen LogP contribution in [0.25, 0.3) is 10.9 Å². The standard InChI is InChI=1S/C13H13N.H2/c1-3-4-7-11-9-12-10(2)6-5-8-13(12)14-11;/h5-6,8-9,14H,3H2,1-2H3;1H. The number of aromatic nitrogens is 1. The maximum absolute atomic E-state index is 3.30. The first-order valence-electron chi connectivity index (χ1n) is 4.88. The monoisotopic (exact) mass is 185 g/mol. The average molecular weight is 185 g/mol. The summed E-state index contributed by atoms with van der Waals surface area (Å²) in [6, 6.07) is 8.38. The molecule has 72 valence electrons. The van der Waals surface area contributed by atoms with Crippen LogP contribution >= 0.6 is 0 Å². The minimum Gasteiger partial charge on any atom is -0.348 e. The normalized spacial score (nSPS) is 9.86. The third-order valence-electron chi connectivity index (χ3n) is 2.28. The maximum Gasteiger partial charge on any atom is 0.0904 e. The van der Waals surface area contributed by atoms with Gasteiger partial charge in [0, 0.05) is 18.8 Å². The van der Waals surface area contributed by atoms with Gasteiger partial charge in [0.1, 0.15) is 0 Å². The molecule has 1 aromatic carbocycles. The Morgan fingerprint density at radius 1 is 1.43 bits per heavy atom. The zero-order chi connectivity index (χ0) is 9.97. The first kappa shape index (κ1) is 8.90. The predicted octanol–water partition coefficient (Wildman–Crippen LogP) is 3.48. The Kier molecular flexibility index (Phi) is 2.28. The fourth-order valence-electron chi connectivity index (χ4n) is 1.56. The van der Waals surface area contributed by atoms with E-state index in [4.69, 9.17) is 0 Å². The number of aromatic amines is 1. The summed E-state index contributed by atoms with van der Waals surface area (Å²) in [4.78, 5) is 3.30. The highest BCUT2D eigenvalue weighted by Crippen LogP contribution is 2.18. The molecule has 1 aromatic heterocycles. The second kappa shape index (κ2) is 3.59. The molecule has 0 amide bonds. The Morgan fingerprint density at radius 3 is 3.00 bits per heavy atom. The molecule has 0 fully saturated rings. The topological polar surface area (TPSA) is 15.8 Å². The van der Waals surface area contributed by atoms with E-state index < -0.39 is 0 Å². The van der Waals surface area contributed by atoms with Crippen LogP contribution in [-0.4, -0.2) is 4.98 Å². The summed E-state index contributed by atoms with van der Waals surface area (Å²) in [5.74, 6) is 6.17. The zero-order valence-electron chi connectivity index (χ0n) is 8.52. The summed E-state index contributed by atoms with van der Waals surface area (Å²) in [6.45, 7) is 4.17. The first-order valence-corrected chi connectivity index (χ1v) is 4.88. The van der Waals surface area contributed by atoms with Gasteiger partial charge in [-0.2, -0.15) is 0 Å². The minimum atomic E-state index is 0. The smallest absolute Gasteiger partial charge is 0.0904 e. The molecule has 1 heteroatoms. The second-order valence-corrected chi connectivity index (χ2v) is 3.37. The summed E-state index contributed by atoms with van der Waals surface area (Å²) in [5, 5.41) is 1.27. The SMILES string of the molecule is CCC#Cc1cc2c(C)cccc2[nH]1.[HH]. The van der Waals surface area contributed by atoms with E-state index in [0.29, 0.717) is 0 Å². The van der Waals surface area contributed by atoms with Gasteiger partial charge >= 0.3 is 0 Å². The van der Waals surface area contributed by atoms with E-state index in [1.807, 2.05) is 0 Å². The fourth-order valence-corrected chi connectivity index (χ4v) is 1.56. The van der Waals surface area contributed by atoms with E-state index in [1.54, 1.807) is 0 Å². The lowest BCUT2D eigenvalue weighted by Gasteiger charge is -1.92. The molecule has 0 bridgehead atoms. The summed E-state index contributed by atoms with van der Waals surface area (Å²) in [6.07, 6.45) is 0.897. The minimum absolute atomic E-state index is 0. The van der Waals surface area contributed by atoms with E-state index in [-0.39, 0.29) is 1.43 Å². The molecule has 0 saturated carbocycles. The molecule has 0 atom stereocenters. The number of nitrogens with one attached hydrogen (secondary N) is 1. The Balaban J connectivity index is 0.00000112. The number of fused-ring (bicyclic) bond motifs is 1. The van der Waals surface area contributed by atoms with Crippen LogP contribution in [0.2, 0.25) is 0 Å². The highest BCUT2D eigenvalue weighted by molar-refractivity contribution is 5.84. The van der Waals surface area contributed by atoms with Gasteiger partial charge in [0.2, 0.25) is 0 Å². The van der Waals surface area contributed by atoms with Crippen molar-refractivity contribution in [2.24, 2.45) is 0 Å². The number of H-pyrrole nitrogens is 1. The van der Waals surface area contributed by atoms with Gasteiger partial charge in [-0.15, -0.1) is 0 Å². The molecule has 0 aliphatic heterocycles. The van der Waals surface area contributed by atoms with Crippen LogP contribution in [0.4, 0.5) is 0 Å². The largest absolute Gasteiger partial charge is 0.348 e. The molecule has 0 unspecified atom stereocenters. The summed E-state index contributed by atoms with van der Waals surface area (Å²) < 4.78 is 0. The lowest BCUT2D eigenvalue weighted by atomic mass is 10.1. The van der Waals surface area contributed by atoms with Crippen molar-refractivity contribution in [3.63, 3.8) is 0 Å². The molecule has 14 heavy (non-hydrogen) atoms. The van der Waals surface area contributed by atoms with Gasteiger partial charge in [-0.1, -0.05) is 25.0 Å². The lowest BCUT2D eigenvalue weighted by molar-refractivity contribution is 1.27. The molecule has 1 nitrogen and oxygen atoms in total. The molecule has 0 spiro atoms. The van der Waals surface area contributed by atoms with Crippen molar-refractivity contribution in [3.05, 3.63) is 35.5 Å². The van der Waals surface area contributed by atoms with Crippen molar-refractivity contribution in [2.75, 3.05) is 0 Å². The molecule has 0 radical (unpaired) electrons. The fraction of sp³-hybridized carbons (Fsp3) is 0.231. The van der Waals surface area contributed by atoms with Crippen LogP contribution in [0.5, 0.6) is 0 Å². The van der Waals surface area contributed by atoms with E-state index in [0.717, 1.165) is 12.1 Å². The van der Waals surface area contributed by atoms with E-state index in [2.05, 4.69) is 54.9 Å². The molecule has 2 aromatic rings. The molecular formula is C13H15N. The molecule has 0 saturated heterocycles. The van der Waals surface area contributed by atoms with Crippen LogP contribution in [0, 0.1) is 18.8 Å². The van der Waals surface area contributed by atoms with Gasteiger partial charge in [-0.3, -0.25) is 0 Å². The van der Waals surface area contributed by atoms with Gasteiger partial charge < -0.3 is 4.98 Å². The van der Waals surface area contributed by atoms with Crippen LogP contribution in [0.15, 0.2) is 24.3 Å². The number of rotatable bonds is 0. The van der Waals surface area contributed by atoms with Gasteiger partial charge in [-0.05, 0) is 30.5 Å². The highest BCUT2D eigenvalue weighted by Gasteiger charge is 1.99. The molecule has 0 aliphatic rings. The van der Waals surface area contributed by atoms with Gasteiger partial charge in [-0.25, -0.2) is 0 Å². The Bertz CT molecular complexity index is 514. The van der Waals surface area contributed by atoms with E-state index in [9.17, 15) is 0 Å². The summed E-state index contributed by atoms with van der Waals surface area (Å²) >= 11 is 0. The summed E-state index contributed by atoms with van der Waals surface area (Å²) in [5.41, 5.74) is 3.48. The van der Waals surface area contributed by atoms with E-state index in [1.165, 1.54) is 16.5 Å². The Labute approximate surface area is 85.6 Å². The molecule has 2 rings (SSSR count). The third kappa shape index (κ3) is 1.52. The highest BCUT2D eigenvalue weighted by atomic mass is 14.7. The lowest BCUT2D eigenvalue weighted by Crippen LogP contribution is -1.72. The first-order chi connectivity index (χ1) is 6.81. The molecule has 1 N–H and O–H groups in total.